The molecule has 2 atom stereocenters. The summed E-state index contributed by atoms with van der Waals surface area (Å²) in [6.45, 7) is 7.77. The number of hydrogen-bond acceptors (Lipinski definition) is 5. The van der Waals surface area contributed by atoms with Gasteiger partial charge in [0.05, 0.1) is 17.5 Å². The lowest BCUT2D eigenvalue weighted by Gasteiger charge is -2.15. The Morgan fingerprint density at radius 1 is 1.39 bits per heavy atom. The van der Waals surface area contributed by atoms with E-state index in [9.17, 15) is 9.59 Å². The van der Waals surface area contributed by atoms with Crippen LogP contribution in [0.1, 0.15) is 42.2 Å². The van der Waals surface area contributed by atoms with Crippen LogP contribution in [-0.4, -0.2) is 58.3 Å². The number of aromatic amines is 1. The lowest BCUT2D eigenvalue weighted by atomic mass is 9.90. The van der Waals surface area contributed by atoms with E-state index in [2.05, 4.69) is 23.5 Å². The molecular formula is C21H28N4O3. The third-order valence-corrected chi connectivity index (χ3v) is 5.54. The molecule has 1 aliphatic rings. The maximum atomic E-state index is 12.5. The van der Waals surface area contributed by atoms with Crippen molar-refractivity contribution >= 4 is 22.9 Å². The van der Waals surface area contributed by atoms with Gasteiger partial charge in [0, 0.05) is 39.4 Å². The van der Waals surface area contributed by atoms with E-state index >= 15 is 0 Å². The van der Waals surface area contributed by atoms with Gasteiger partial charge in [-0.05, 0) is 30.8 Å². The molecule has 150 valence electrons. The first kappa shape index (κ1) is 20.2. The zero-order valence-corrected chi connectivity index (χ0v) is 16.6. The predicted molar refractivity (Wildman–Crippen MR) is 107 cm³/mol. The minimum Gasteiger partial charge on any atom is -0.385 e. The summed E-state index contributed by atoms with van der Waals surface area (Å²) >= 11 is 0. The zero-order valence-electron chi connectivity index (χ0n) is 16.6. The van der Waals surface area contributed by atoms with Gasteiger partial charge in [-0.2, -0.15) is 0 Å². The summed E-state index contributed by atoms with van der Waals surface area (Å²) in [5.74, 6) is 0.796. The summed E-state index contributed by atoms with van der Waals surface area (Å²) in [6.07, 6.45) is 7.69. The number of nitrogens with zero attached hydrogens (tertiary/aromatic N) is 3. The van der Waals surface area contributed by atoms with Crippen molar-refractivity contribution in [3.63, 3.8) is 0 Å². The molecule has 3 heterocycles. The van der Waals surface area contributed by atoms with Crippen LogP contribution >= 0.6 is 0 Å². The Labute approximate surface area is 165 Å². The monoisotopic (exact) mass is 384 g/mol. The summed E-state index contributed by atoms with van der Waals surface area (Å²) in [7, 11) is 1.63. The van der Waals surface area contributed by atoms with Gasteiger partial charge in [0.2, 0.25) is 5.91 Å². The molecule has 2 aromatic rings. The van der Waals surface area contributed by atoms with Gasteiger partial charge in [-0.1, -0.05) is 19.9 Å². The molecule has 0 aromatic carbocycles. The molecule has 0 unspecified atom stereocenters. The Balaban J connectivity index is 1.76. The molecule has 1 fully saturated rings. The maximum absolute atomic E-state index is 12.5. The van der Waals surface area contributed by atoms with Gasteiger partial charge in [0.1, 0.15) is 5.52 Å². The Kier molecular flexibility index (Phi) is 6.57. The number of aromatic nitrogens is 3. The molecule has 0 aliphatic carbocycles. The Hall–Kier alpha value is -2.54. The van der Waals surface area contributed by atoms with Gasteiger partial charge in [0.15, 0.2) is 11.4 Å². The van der Waals surface area contributed by atoms with Crippen LogP contribution in [0.4, 0.5) is 0 Å². The predicted octanol–water partition coefficient (Wildman–Crippen LogP) is 2.78. The molecule has 28 heavy (non-hydrogen) atoms. The number of Topliss-reactive ketones (excluding diaryl/α,β-unsaturated/α-hetero) is 1. The highest BCUT2D eigenvalue weighted by atomic mass is 16.5. The summed E-state index contributed by atoms with van der Waals surface area (Å²) in [4.78, 5) is 38.6. The van der Waals surface area contributed by atoms with E-state index in [0.717, 1.165) is 25.1 Å². The number of amides is 1. The number of carbonyl (C=O) groups is 2. The van der Waals surface area contributed by atoms with Crippen molar-refractivity contribution < 1.29 is 14.3 Å². The fourth-order valence-electron chi connectivity index (χ4n) is 3.96. The molecule has 1 aliphatic heterocycles. The number of carbonyl (C=O) groups excluding carboxylic acids is 2. The molecule has 0 spiro atoms. The van der Waals surface area contributed by atoms with Gasteiger partial charge in [-0.3, -0.25) is 9.59 Å². The molecule has 1 N–H and O–H groups in total. The van der Waals surface area contributed by atoms with E-state index in [4.69, 9.17) is 9.72 Å². The third kappa shape index (κ3) is 4.30. The Morgan fingerprint density at radius 3 is 2.89 bits per heavy atom. The lowest BCUT2D eigenvalue weighted by Crippen LogP contribution is -2.27. The molecule has 1 saturated heterocycles. The van der Waals surface area contributed by atoms with Crippen LogP contribution in [0.25, 0.3) is 11.2 Å². The van der Waals surface area contributed by atoms with Crippen molar-refractivity contribution in [2.24, 2.45) is 11.8 Å². The second-order valence-corrected chi connectivity index (χ2v) is 7.36. The fraction of sp³-hybridized carbons (Fsp3) is 0.524. The molecule has 0 radical (unpaired) electrons. The van der Waals surface area contributed by atoms with Gasteiger partial charge >= 0.3 is 0 Å². The average molecular weight is 384 g/mol. The number of rotatable bonds is 9. The van der Waals surface area contributed by atoms with Gasteiger partial charge in [0.25, 0.3) is 0 Å². The smallest absolute Gasteiger partial charge is 0.245 e. The van der Waals surface area contributed by atoms with Gasteiger partial charge in [-0.25, -0.2) is 9.97 Å². The highest BCUT2D eigenvalue weighted by Crippen LogP contribution is 2.29. The number of likely N-dealkylation sites (tertiary alicyclic amines) is 1. The van der Waals surface area contributed by atoms with Crippen LogP contribution in [0.3, 0.4) is 0 Å². The molecule has 7 nitrogen and oxygen atoms in total. The zero-order chi connectivity index (χ0) is 20.1. The van der Waals surface area contributed by atoms with Crippen molar-refractivity contribution in [3.05, 3.63) is 36.3 Å². The number of ether oxygens (including phenoxy) is 1. The fourth-order valence-corrected chi connectivity index (χ4v) is 3.96. The minimum absolute atomic E-state index is 0.0166. The minimum atomic E-state index is -0.0166. The summed E-state index contributed by atoms with van der Waals surface area (Å²) in [5.41, 5.74) is 2.70. The average Bonchev–Trinajstić information content (AvgIpc) is 3.31. The van der Waals surface area contributed by atoms with E-state index < -0.39 is 0 Å². The van der Waals surface area contributed by atoms with Crippen LogP contribution < -0.4 is 0 Å². The third-order valence-electron chi connectivity index (χ3n) is 5.54. The first-order valence-corrected chi connectivity index (χ1v) is 9.83. The molecule has 7 heteroatoms. The van der Waals surface area contributed by atoms with E-state index in [1.54, 1.807) is 19.5 Å². The van der Waals surface area contributed by atoms with Crippen LogP contribution in [-0.2, 0) is 16.0 Å². The second-order valence-electron chi connectivity index (χ2n) is 7.36. The van der Waals surface area contributed by atoms with Gasteiger partial charge < -0.3 is 14.6 Å². The molecule has 3 rings (SSSR count). The van der Waals surface area contributed by atoms with E-state index in [1.807, 2.05) is 4.90 Å². The molecule has 2 aromatic heterocycles. The molecule has 1 amide bonds. The van der Waals surface area contributed by atoms with E-state index in [1.165, 1.54) is 6.08 Å². The quantitative estimate of drug-likeness (QED) is 0.408. The first-order chi connectivity index (χ1) is 13.6. The summed E-state index contributed by atoms with van der Waals surface area (Å²) in [6, 6.07) is 0. The highest BCUT2D eigenvalue weighted by molar-refractivity contribution is 6.05. The Bertz CT molecular complexity index is 860. The SMILES string of the molecule is C=CC(=O)N1C[C@@H](CC)[C@@H](Cc2cnc3[nH]cc(C(=O)CCCOC)c3n2)C1. The van der Waals surface area contributed by atoms with Crippen molar-refractivity contribution in [1.82, 2.24) is 19.9 Å². The molecule has 0 saturated carbocycles. The second kappa shape index (κ2) is 9.10. The van der Waals surface area contributed by atoms with Crippen LogP contribution in [0.2, 0.25) is 0 Å². The topological polar surface area (TPSA) is 88.2 Å². The van der Waals surface area contributed by atoms with E-state index in [0.29, 0.717) is 54.6 Å². The van der Waals surface area contributed by atoms with Gasteiger partial charge in [-0.15, -0.1) is 0 Å². The lowest BCUT2D eigenvalue weighted by molar-refractivity contribution is -0.125. The Morgan fingerprint density at radius 2 is 2.18 bits per heavy atom. The number of methoxy groups -OCH3 is 1. The summed E-state index contributed by atoms with van der Waals surface area (Å²) in [5, 5.41) is 0. The van der Waals surface area contributed by atoms with Crippen molar-refractivity contribution in [3.8, 4) is 0 Å². The largest absolute Gasteiger partial charge is 0.385 e. The first-order valence-electron chi connectivity index (χ1n) is 9.83. The van der Waals surface area contributed by atoms with Crippen LogP contribution in [0.5, 0.6) is 0 Å². The van der Waals surface area contributed by atoms with Crippen LogP contribution in [0, 0.1) is 11.8 Å². The number of ketones is 1. The number of nitrogens with one attached hydrogen (secondary N) is 1. The maximum Gasteiger partial charge on any atom is 0.245 e. The molecule has 0 bridgehead atoms. The normalized spacial score (nSPS) is 19.3. The molecular weight excluding hydrogens is 356 g/mol. The number of H-pyrrole nitrogens is 1. The van der Waals surface area contributed by atoms with Crippen molar-refractivity contribution in [1.29, 1.82) is 0 Å². The highest BCUT2D eigenvalue weighted by Gasteiger charge is 2.33. The number of fused-ring (bicyclic) bond motifs is 1. The van der Waals surface area contributed by atoms with Crippen LogP contribution in [0.15, 0.2) is 25.0 Å². The summed E-state index contributed by atoms with van der Waals surface area (Å²) < 4.78 is 5.02. The van der Waals surface area contributed by atoms with Crippen molar-refractivity contribution in [2.75, 3.05) is 26.8 Å². The standard InChI is InChI=1S/C21H28N4O3/c1-4-14-12-25(19(27)5-2)13-15(14)9-16-10-22-21-20(24-16)17(11-23-21)18(26)7-6-8-28-3/h5,10-11,14-15H,2,4,6-9,12-13H2,1,3H3,(H,22,23)/t14-,15+/m1/s1. The van der Waals surface area contributed by atoms with Crippen molar-refractivity contribution in [2.45, 2.75) is 32.6 Å². The van der Waals surface area contributed by atoms with E-state index in [-0.39, 0.29) is 11.7 Å². The number of hydrogen-bond donors (Lipinski definition) is 1.